The Bertz CT molecular complexity index is 444. The van der Waals surface area contributed by atoms with Gasteiger partial charge < -0.3 is 19.6 Å². The van der Waals surface area contributed by atoms with Gasteiger partial charge in [0.2, 0.25) is 0 Å². The van der Waals surface area contributed by atoms with Crippen LogP contribution < -0.4 is 0 Å². The van der Waals surface area contributed by atoms with E-state index in [-0.39, 0.29) is 25.3 Å². The number of nitrogens with zero attached hydrogens (tertiary/aromatic N) is 3. The third-order valence-electron chi connectivity index (χ3n) is 4.05. The van der Waals surface area contributed by atoms with Crippen molar-refractivity contribution in [3.05, 3.63) is 0 Å². The third-order valence-corrected chi connectivity index (χ3v) is 4.05. The highest BCUT2D eigenvalue weighted by molar-refractivity contribution is 5.78. The number of carbonyl (C=O) groups is 2. The van der Waals surface area contributed by atoms with Crippen molar-refractivity contribution in [3.8, 4) is 6.07 Å². The molecule has 1 N–H and O–H groups in total. The number of nitriles is 1. The van der Waals surface area contributed by atoms with Crippen molar-refractivity contribution in [2.75, 3.05) is 26.3 Å². The summed E-state index contributed by atoms with van der Waals surface area (Å²) in [4.78, 5) is 27.3. The maximum absolute atomic E-state index is 12.7. The van der Waals surface area contributed by atoms with Gasteiger partial charge >= 0.3 is 12.0 Å². The average molecular weight is 295 g/mol. The standard InChI is InChI=1S/C14H21N3O4/c1-2-16(12-9-21-8-11(12)13(18)19)14(20)17(7-3-6-15)10-4-5-10/h10-12H,2-5,7-9H2,1H3,(H,18,19). The lowest BCUT2D eigenvalue weighted by Gasteiger charge is -2.34. The summed E-state index contributed by atoms with van der Waals surface area (Å²) in [5, 5.41) is 18.0. The Morgan fingerprint density at radius 2 is 2.05 bits per heavy atom. The fourth-order valence-electron chi connectivity index (χ4n) is 2.75. The highest BCUT2D eigenvalue weighted by Crippen LogP contribution is 2.29. The monoisotopic (exact) mass is 295 g/mol. The molecule has 0 aromatic heterocycles. The number of carbonyl (C=O) groups excluding carboxylic acids is 1. The number of urea groups is 1. The second-order valence-electron chi connectivity index (χ2n) is 5.45. The van der Waals surface area contributed by atoms with Gasteiger partial charge in [0.25, 0.3) is 0 Å². The van der Waals surface area contributed by atoms with Gasteiger partial charge in [0, 0.05) is 19.1 Å². The lowest BCUT2D eigenvalue weighted by atomic mass is 10.0. The molecule has 2 unspecified atom stereocenters. The summed E-state index contributed by atoms with van der Waals surface area (Å²) < 4.78 is 5.26. The largest absolute Gasteiger partial charge is 0.481 e. The van der Waals surface area contributed by atoms with Crippen LogP contribution in [0.4, 0.5) is 4.79 Å². The number of carboxylic acid groups (broad SMARTS) is 1. The zero-order valence-electron chi connectivity index (χ0n) is 12.2. The van der Waals surface area contributed by atoms with Crippen LogP contribution in [0.1, 0.15) is 26.2 Å². The molecule has 1 aliphatic carbocycles. The number of likely N-dealkylation sites (N-methyl/N-ethyl adjacent to an activating group) is 1. The number of carboxylic acids is 1. The number of hydrogen-bond acceptors (Lipinski definition) is 4. The normalized spacial score (nSPS) is 24.4. The number of ether oxygens (including phenoxy) is 1. The van der Waals surface area contributed by atoms with E-state index in [9.17, 15) is 14.7 Å². The Kier molecular flexibility index (Phi) is 5.02. The smallest absolute Gasteiger partial charge is 0.320 e. The molecule has 1 saturated carbocycles. The van der Waals surface area contributed by atoms with E-state index < -0.39 is 17.9 Å². The molecule has 2 fully saturated rings. The lowest BCUT2D eigenvalue weighted by molar-refractivity contribution is -0.142. The van der Waals surface area contributed by atoms with Crippen LogP contribution >= 0.6 is 0 Å². The molecule has 0 spiro atoms. The SMILES string of the molecule is CCN(C(=O)N(CCC#N)C1CC1)C1COCC1C(=O)O. The highest BCUT2D eigenvalue weighted by Gasteiger charge is 2.42. The van der Waals surface area contributed by atoms with Crippen LogP contribution in [0.25, 0.3) is 0 Å². The van der Waals surface area contributed by atoms with E-state index in [2.05, 4.69) is 6.07 Å². The summed E-state index contributed by atoms with van der Waals surface area (Å²) in [5.74, 6) is -1.61. The number of aliphatic carboxylic acids is 1. The van der Waals surface area contributed by atoms with Crippen LogP contribution in [-0.4, -0.2) is 65.3 Å². The van der Waals surface area contributed by atoms with Crippen molar-refractivity contribution in [3.63, 3.8) is 0 Å². The minimum absolute atomic E-state index is 0.144. The van der Waals surface area contributed by atoms with Crippen LogP contribution in [0, 0.1) is 17.2 Å². The first kappa shape index (κ1) is 15.6. The first-order valence-corrected chi connectivity index (χ1v) is 7.34. The maximum Gasteiger partial charge on any atom is 0.320 e. The molecule has 7 heteroatoms. The van der Waals surface area contributed by atoms with Gasteiger partial charge in [-0.15, -0.1) is 0 Å². The first-order valence-electron chi connectivity index (χ1n) is 7.34. The molecule has 2 rings (SSSR count). The van der Waals surface area contributed by atoms with Crippen LogP contribution in [0.15, 0.2) is 0 Å². The van der Waals surface area contributed by atoms with Crippen molar-refractivity contribution in [1.29, 1.82) is 5.26 Å². The summed E-state index contributed by atoms with van der Waals surface area (Å²) in [6.45, 7) is 3.08. The molecule has 116 valence electrons. The lowest BCUT2D eigenvalue weighted by Crippen LogP contribution is -2.52. The Morgan fingerprint density at radius 3 is 2.57 bits per heavy atom. The quantitative estimate of drug-likeness (QED) is 0.786. The van der Waals surface area contributed by atoms with E-state index >= 15 is 0 Å². The van der Waals surface area contributed by atoms with Gasteiger partial charge in [0.15, 0.2) is 0 Å². The molecular formula is C14H21N3O4. The molecule has 2 aliphatic rings. The zero-order valence-corrected chi connectivity index (χ0v) is 12.2. The van der Waals surface area contributed by atoms with Crippen LogP contribution in [0.3, 0.4) is 0 Å². The summed E-state index contributed by atoms with van der Waals surface area (Å²) >= 11 is 0. The van der Waals surface area contributed by atoms with Gasteiger partial charge in [0.05, 0.1) is 31.7 Å². The number of hydrogen-bond donors (Lipinski definition) is 1. The van der Waals surface area contributed by atoms with E-state index in [1.54, 1.807) is 9.80 Å². The van der Waals surface area contributed by atoms with Gasteiger partial charge in [-0.05, 0) is 19.8 Å². The van der Waals surface area contributed by atoms with Crippen LogP contribution in [0.5, 0.6) is 0 Å². The summed E-state index contributed by atoms with van der Waals surface area (Å²) in [7, 11) is 0. The molecule has 0 aromatic carbocycles. The van der Waals surface area contributed by atoms with E-state index in [0.717, 1.165) is 12.8 Å². The fourth-order valence-corrected chi connectivity index (χ4v) is 2.75. The van der Waals surface area contributed by atoms with Gasteiger partial charge in [0.1, 0.15) is 5.92 Å². The van der Waals surface area contributed by atoms with E-state index in [1.165, 1.54) is 0 Å². The Labute approximate surface area is 124 Å². The van der Waals surface area contributed by atoms with Gasteiger partial charge in [-0.2, -0.15) is 5.26 Å². The maximum atomic E-state index is 12.7. The third kappa shape index (κ3) is 3.45. The molecule has 1 saturated heterocycles. The van der Waals surface area contributed by atoms with Gasteiger partial charge in [-0.3, -0.25) is 4.79 Å². The number of amides is 2. The summed E-state index contributed by atoms with van der Waals surface area (Å²) in [6.07, 6.45) is 2.21. The van der Waals surface area contributed by atoms with Crippen molar-refractivity contribution >= 4 is 12.0 Å². The second-order valence-corrected chi connectivity index (χ2v) is 5.45. The van der Waals surface area contributed by atoms with Crippen molar-refractivity contribution in [2.24, 2.45) is 5.92 Å². The van der Waals surface area contributed by atoms with Crippen molar-refractivity contribution < 1.29 is 19.4 Å². The molecule has 1 heterocycles. The van der Waals surface area contributed by atoms with Crippen LogP contribution in [0.2, 0.25) is 0 Å². The van der Waals surface area contributed by atoms with Gasteiger partial charge in [-0.25, -0.2) is 4.79 Å². The zero-order chi connectivity index (χ0) is 15.4. The minimum Gasteiger partial charge on any atom is -0.481 e. The first-order chi connectivity index (χ1) is 10.1. The van der Waals surface area contributed by atoms with Crippen molar-refractivity contribution in [2.45, 2.75) is 38.3 Å². The average Bonchev–Trinajstić information content (AvgIpc) is 3.17. The molecule has 1 aliphatic heterocycles. The molecule has 2 amide bonds. The molecular weight excluding hydrogens is 274 g/mol. The number of rotatable bonds is 6. The fraction of sp³-hybridized carbons (Fsp3) is 0.786. The van der Waals surface area contributed by atoms with Crippen molar-refractivity contribution in [1.82, 2.24) is 9.80 Å². The van der Waals surface area contributed by atoms with E-state index in [4.69, 9.17) is 10.00 Å². The highest BCUT2D eigenvalue weighted by atomic mass is 16.5. The Morgan fingerprint density at radius 1 is 1.33 bits per heavy atom. The predicted octanol–water partition coefficient (Wildman–Crippen LogP) is 0.906. The van der Waals surface area contributed by atoms with Crippen LogP contribution in [-0.2, 0) is 9.53 Å². The summed E-state index contributed by atoms with van der Waals surface area (Å²) in [5.41, 5.74) is 0. The Balaban J connectivity index is 2.09. The molecule has 7 nitrogen and oxygen atoms in total. The second kappa shape index (κ2) is 6.76. The molecule has 2 atom stereocenters. The molecule has 0 aromatic rings. The summed E-state index contributed by atoms with van der Waals surface area (Å²) in [6, 6.07) is 1.66. The topological polar surface area (TPSA) is 93.9 Å². The molecule has 0 bridgehead atoms. The minimum atomic E-state index is -0.932. The Hall–Kier alpha value is -1.81. The van der Waals surface area contributed by atoms with Gasteiger partial charge in [-0.1, -0.05) is 0 Å². The van der Waals surface area contributed by atoms with E-state index in [1.807, 2.05) is 6.92 Å². The molecule has 0 radical (unpaired) electrons. The predicted molar refractivity (Wildman–Crippen MR) is 73.5 cm³/mol. The molecule has 21 heavy (non-hydrogen) atoms. The van der Waals surface area contributed by atoms with E-state index in [0.29, 0.717) is 19.5 Å².